The van der Waals surface area contributed by atoms with E-state index in [2.05, 4.69) is 10.6 Å². The number of nitrogens with zero attached hydrogens (tertiary/aromatic N) is 1. The van der Waals surface area contributed by atoms with Gasteiger partial charge >= 0.3 is 0 Å². The fourth-order valence-electron chi connectivity index (χ4n) is 1.04. The highest BCUT2D eigenvalue weighted by Gasteiger charge is 2.18. The van der Waals surface area contributed by atoms with Gasteiger partial charge in [0, 0.05) is 19.1 Å². The first-order valence-electron chi connectivity index (χ1n) is 3.89. The molecule has 1 amide bonds. The molecule has 1 heterocycles. The van der Waals surface area contributed by atoms with Crippen LogP contribution in [-0.4, -0.2) is 31.1 Å². The highest BCUT2D eigenvalue weighted by Crippen LogP contribution is 1.98. The van der Waals surface area contributed by atoms with Crippen molar-refractivity contribution in [2.75, 3.05) is 13.1 Å². The molecular weight excluding hydrogens is 142 g/mol. The zero-order valence-corrected chi connectivity index (χ0v) is 6.71. The van der Waals surface area contributed by atoms with Crippen molar-refractivity contribution in [1.29, 1.82) is 0 Å². The van der Waals surface area contributed by atoms with E-state index in [0.29, 0.717) is 0 Å². The van der Waals surface area contributed by atoms with Crippen LogP contribution in [0.2, 0.25) is 0 Å². The molecule has 11 heavy (non-hydrogen) atoms. The number of amides is 1. The minimum absolute atomic E-state index is 0.0768. The number of nitrogens with one attached hydrogen (secondary N) is 1. The molecule has 1 fully saturated rings. The topological polar surface area (TPSA) is 69.2 Å². The molecule has 1 rings (SSSR count). The van der Waals surface area contributed by atoms with E-state index in [1.807, 2.05) is 0 Å². The van der Waals surface area contributed by atoms with Crippen molar-refractivity contribution in [3.05, 3.63) is 0 Å². The molecule has 0 bridgehead atoms. The molecule has 1 aliphatic heterocycles. The van der Waals surface area contributed by atoms with Crippen molar-refractivity contribution in [2.45, 2.75) is 25.4 Å². The summed E-state index contributed by atoms with van der Waals surface area (Å²) in [5, 5.41) is 6.94. The lowest BCUT2D eigenvalue weighted by Gasteiger charge is -2.12. The molecule has 1 saturated heterocycles. The third kappa shape index (κ3) is 2.48. The minimum Gasteiger partial charge on any atom is -0.351 e. The van der Waals surface area contributed by atoms with Crippen molar-refractivity contribution < 1.29 is 4.79 Å². The van der Waals surface area contributed by atoms with Crippen LogP contribution in [0, 0.1) is 0 Å². The lowest BCUT2D eigenvalue weighted by molar-refractivity contribution is -0.122. The summed E-state index contributed by atoms with van der Waals surface area (Å²) in [6, 6.07) is -0.177. The Morgan fingerprint density at radius 1 is 1.82 bits per heavy atom. The van der Waals surface area contributed by atoms with E-state index in [-0.39, 0.29) is 11.9 Å². The molecule has 63 valence electrons. The van der Waals surface area contributed by atoms with Gasteiger partial charge in [-0.2, -0.15) is 0 Å². The van der Waals surface area contributed by atoms with E-state index >= 15 is 0 Å². The minimum atomic E-state index is -0.407. The number of carbonyl (C=O) groups is 1. The average Bonchev–Trinajstić information content (AvgIpc) is 2.39. The highest BCUT2D eigenvalue weighted by molar-refractivity contribution is 5.81. The third-order valence-electron chi connectivity index (χ3n) is 1.75. The largest absolute Gasteiger partial charge is 0.351 e. The number of carbonyl (C=O) groups excluding carboxylic acids is 1. The average molecular weight is 156 g/mol. The molecule has 0 aromatic heterocycles. The summed E-state index contributed by atoms with van der Waals surface area (Å²) in [6.45, 7) is 3.30. The van der Waals surface area contributed by atoms with E-state index in [1.165, 1.54) is 0 Å². The molecule has 0 aromatic carbocycles. The summed E-state index contributed by atoms with van der Waals surface area (Å²) in [6.07, 6.45) is 0.957. The Kier molecular flexibility index (Phi) is 2.84. The van der Waals surface area contributed by atoms with Crippen LogP contribution in [0.3, 0.4) is 0 Å². The summed E-state index contributed by atoms with van der Waals surface area (Å²) in [5.74, 6) is -0.0768. The molecule has 4 nitrogen and oxygen atoms in total. The van der Waals surface area contributed by atoms with Crippen LogP contribution in [-0.2, 0) is 4.79 Å². The normalized spacial score (nSPS) is 26.5. The Bertz CT molecular complexity index is 141. The molecule has 0 aromatic rings. The summed E-state index contributed by atoms with van der Waals surface area (Å²) >= 11 is 0. The van der Waals surface area contributed by atoms with Crippen molar-refractivity contribution in [1.82, 2.24) is 10.6 Å². The molecule has 4 heteroatoms. The van der Waals surface area contributed by atoms with Crippen molar-refractivity contribution in [2.24, 2.45) is 5.73 Å². The number of hydrogen-bond acceptors (Lipinski definition) is 2. The molecule has 2 atom stereocenters. The molecule has 3 N–H and O–H groups in total. The van der Waals surface area contributed by atoms with E-state index < -0.39 is 6.04 Å². The summed E-state index contributed by atoms with van der Waals surface area (Å²) in [5.41, 5.74) is 5.37. The molecule has 1 radical (unpaired) electrons. The first-order valence-corrected chi connectivity index (χ1v) is 3.89. The van der Waals surface area contributed by atoms with Crippen molar-refractivity contribution in [3.8, 4) is 0 Å². The first kappa shape index (κ1) is 8.49. The lowest BCUT2D eigenvalue weighted by Crippen LogP contribution is -2.44. The van der Waals surface area contributed by atoms with Crippen LogP contribution in [0.5, 0.6) is 0 Å². The third-order valence-corrected chi connectivity index (χ3v) is 1.75. The first-order chi connectivity index (χ1) is 5.20. The lowest BCUT2D eigenvalue weighted by atomic mass is 10.2. The van der Waals surface area contributed by atoms with Gasteiger partial charge in [0.2, 0.25) is 5.91 Å². The van der Waals surface area contributed by atoms with Gasteiger partial charge in [0.25, 0.3) is 0 Å². The summed E-state index contributed by atoms with van der Waals surface area (Å²) in [7, 11) is 0. The molecular formula is C7H14N3O. The maximum absolute atomic E-state index is 11.0. The SMILES string of the molecule is C[C@H](N)C(=O)NC1CC[N]C1. The zero-order valence-electron chi connectivity index (χ0n) is 6.71. The molecule has 0 saturated carbocycles. The Morgan fingerprint density at radius 2 is 2.55 bits per heavy atom. The van der Waals surface area contributed by atoms with E-state index in [0.717, 1.165) is 19.5 Å². The fourth-order valence-corrected chi connectivity index (χ4v) is 1.04. The van der Waals surface area contributed by atoms with Crippen LogP contribution < -0.4 is 16.4 Å². The van der Waals surface area contributed by atoms with Crippen LogP contribution in [0.25, 0.3) is 0 Å². The van der Waals surface area contributed by atoms with Crippen LogP contribution in [0.1, 0.15) is 13.3 Å². The van der Waals surface area contributed by atoms with Gasteiger partial charge in [0.1, 0.15) is 0 Å². The smallest absolute Gasteiger partial charge is 0.236 e. The maximum atomic E-state index is 11.0. The second-order valence-electron chi connectivity index (χ2n) is 2.91. The number of hydrogen-bond donors (Lipinski definition) is 2. The van der Waals surface area contributed by atoms with Gasteiger partial charge in [-0.15, -0.1) is 0 Å². The Labute approximate surface area is 66.5 Å². The van der Waals surface area contributed by atoms with Gasteiger partial charge in [-0.05, 0) is 13.3 Å². The molecule has 1 aliphatic rings. The van der Waals surface area contributed by atoms with E-state index in [9.17, 15) is 4.79 Å². The Hall–Kier alpha value is -0.610. The number of rotatable bonds is 2. The number of nitrogens with two attached hydrogens (primary N) is 1. The van der Waals surface area contributed by atoms with Gasteiger partial charge in [-0.3, -0.25) is 4.79 Å². The molecule has 0 spiro atoms. The van der Waals surface area contributed by atoms with Crippen molar-refractivity contribution >= 4 is 5.91 Å². The predicted molar refractivity (Wildman–Crippen MR) is 42.1 cm³/mol. The van der Waals surface area contributed by atoms with Gasteiger partial charge < -0.3 is 11.1 Å². The zero-order chi connectivity index (χ0) is 8.27. The monoisotopic (exact) mass is 156 g/mol. The Morgan fingerprint density at radius 3 is 3.00 bits per heavy atom. The quantitative estimate of drug-likeness (QED) is 0.528. The van der Waals surface area contributed by atoms with E-state index in [4.69, 9.17) is 5.73 Å². The van der Waals surface area contributed by atoms with Crippen LogP contribution in [0.15, 0.2) is 0 Å². The van der Waals surface area contributed by atoms with Crippen molar-refractivity contribution in [3.63, 3.8) is 0 Å². The van der Waals surface area contributed by atoms with Gasteiger partial charge in [-0.25, -0.2) is 5.32 Å². The second kappa shape index (κ2) is 3.69. The summed E-state index contributed by atoms with van der Waals surface area (Å²) < 4.78 is 0. The fraction of sp³-hybridized carbons (Fsp3) is 0.857. The Balaban J connectivity index is 2.24. The standard InChI is InChI=1S/C7H14N3O/c1-5(8)7(11)10-6-2-3-9-4-6/h5-6H,2-4,8H2,1H3,(H,10,11)/t5-,6?/m0/s1. The van der Waals surface area contributed by atoms with Gasteiger partial charge in [0.15, 0.2) is 0 Å². The summed E-state index contributed by atoms with van der Waals surface area (Å²) in [4.78, 5) is 11.0. The second-order valence-corrected chi connectivity index (χ2v) is 2.91. The van der Waals surface area contributed by atoms with Crippen LogP contribution >= 0.6 is 0 Å². The van der Waals surface area contributed by atoms with Gasteiger partial charge in [-0.1, -0.05) is 0 Å². The predicted octanol–water partition coefficient (Wildman–Crippen LogP) is -1.17. The van der Waals surface area contributed by atoms with Gasteiger partial charge in [0.05, 0.1) is 6.04 Å². The molecule has 1 unspecified atom stereocenters. The highest BCUT2D eigenvalue weighted by atomic mass is 16.2. The molecule has 0 aliphatic carbocycles. The van der Waals surface area contributed by atoms with E-state index in [1.54, 1.807) is 6.92 Å². The van der Waals surface area contributed by atoms with Crippen LogP contribution in [0.4, 0.5) is 0 Å². The maximum Gasteiger partial charge on any atom is 0.236 e.